The largest absolute Gasteiger partial charge is 0.320 e. The summed E-state index contributed by atoms with van der Waals surface area (Å²) in [4.78, 5) is 46.0. The fraction of sp³-hybridized carbons (Fsp3) is 0.333. The van der Waals surface area contributed by atoms with Gasteiger partial charge in [0.1, 0.15) is 5.69 Å². The maximum absolute atomic E-state index is 12.9. The average molecular weight is 487 g/mol. The van der Waals surface area contributed by atoms with Gasteiger partial charge in [-0.3, -0.25) is 14.6 Å². The summed E-state index contributed by atoms with van der Waals surface area (Å²) in [5, 5.41) is 3.27. The Hall–Kier alpha value is -3.52. The van der Waals surface area contributed by atoms with E-state index in [4.69, 9.17) is 4.98 Å². The third-order valence-corrected chi connectivity index (χ3v) is 7.78. The number of aromatic nitrogens is 3. The number of ketones is 2. The van der Waals surface area contributed by atoms with Crippen molar-refractivity contribution in [3.05, 3.63) is 70.1 Å². The molecule has 35 heavy (non-hydrogen) atoms. The highest BCUT2D eigenvalue weighted by atomic mass is 32.1. The van der Waals surface area contributed by atoms with E-state index in [0.29, 0.717) is 28.3 Å². The molecule has 8 heteroatoms. The summed E-state index contributed by atoms with van der Waals surface area (Å²) in [6, 6.07) is 15.0. The van der Waals surface area contributed by atoms with Gasteiger partial charge in [-0.05, 0) is 72.8 Å². The van der Waals surface area contributed by atoms with Crippen LogP contribution in [0.3, 0.4) is 0 Å². The first-order valence-electron chi connectivity index (χ1n) is 12.0. The number of carbonyl (C=O) groups is 2. The average Bonchev–Trinajstić information content (AvgIpc) is 3.53. The van der Waals surface area contributed by atoms with Crippen molar-refractivity contribution in [2.75, 3.05) is 0 Å². The van der Waals surface area contributed by atoms with Crippen LogP contribution < -0.4 is 0 Å². The number of fused-ring (bicyclic) bond motifs is 1. The molecule has 0 bridgehead atoms. The molecule has 3 aromatic heterocycles. The third kappa shape index (κ3) is 4.71. The lowest BCUT2D eigenvalue weighted by Gasteiger charge is -2.31. The van der Waals surface area contributed by atoms with Crippen LogP contribution in [-0.4, -0.2) is 26.1 Å². The number of Topliss-reactive ketones (excluding diaryl/α,β-unsaturated/α-hetero) is 2. The van der Waals surface area contributed by atoms with E-state index in [0.717, 1.165) is 59.6 Å². The molecule has 7 nitrogen and oxygen atoms in total. The Morgan fingerprint density at radius 3 is 2.74 bits per heavy atom. The van der Waals surface area contributed by atoms with Crippen LogP contribution in [0.5, 0.6) is 0 Å². The van der Waals surface area contributed by atoms with E-state index in [-0.39, 0.29) is 23.5 Å². The molecule has 3 heterocycles. The van der Waals surface area contributed by atoms with Crippen LogP contribution in [0, 0.1) is 10.8 Å². The summed E-state index contributed by atoms with van der Waals surface area (Å²) in [6.45, 7) is 1.86. The van der Waals surface area contributed by atoms with Crippen molar-refractivity contribution in [3.63, 3.8) is 0 Å². The van der Waals surface area contributed by atoms with Crippen molar-refractivity contribution in [2.24, 2.45) is 11.1 Å². The van der Waals surface area contributed by atoms with Gasteiger partial charge >= 0.3 is 0 Å². The molecular formula is C27H26N4O3S. The van der Waals surface area contributed by atoms with E-state index < -0.39 is 0 Å². The lowest BCUT2D eigenvalue weighted by molar-refractivity contribution is 0.0944. The second-order valence-corrected chi connectivity index (χ2v) is 10.1. The van der Waals surface area contributed by atoms with Crippen LogP contribution in [-0.2, 0) is 0 Å². The molecule has 1 aromatic carbocycles. The quantitative estimate of drug-likeness (QED) is 0.195. The van der Waals surface area contributed by atoms with E-state index >= 15 is 0 Å². The zero-order valence-electron chi connectivity index (χ0n) is 19.5. The second kappa shape index (κ2) is 10.00. The van der Waals surface area contributed by atoms with Crippen LogP contribution in [0.1, 0.15) is 71.5 Å². The van der Waals surface area contributed by atoms with Crippen molar-refractivity contribution in [3.8, 4) is 11.5 Å². The normalized spacial score (nSPS) is 18.0. The van der Waals surface area contributed by atoms with Crippen LogP contribution >= 0.6 is 11.3 Å². The molecule has 1 aliphatic rings. The second-order valence-electron chi connectivity index (χ2n) is 9.04. The topological polar surface area (TPSA) is 94.3 Å². The Morgan fingerprint density at radius 1 is 1.11 bits per heavy atom. The van der Waals surface area contributed by atoms with Gasteiger partial charge in [-0.25, -0.2) is 4.98 Å². The Morgan fingerprint density at radius 2 is 2.00 bits per heavy atom. The van der Waals surface area contributed by atoms with Gasteiger partial charge in [0.2, 0.25) is 0 Å². The van der Waals surface area contributed by atoms with Crippen LogP contribution in [0.2, 0.25) is 0 Å². The molecule has 0 amide bonds. The number of hydrogen-bond donors (Lipinski definition) is 0. The number of hydrogen-bond acceptors (Lipinski definition) is 7. The van der Waals surface area contributed by atoms with Gasteiger partial charge in [0.25, 0.3) is 0 Å². The van der Waals surface area contributed by atoms with Gasteiger partial charge in [0, 0.05) is 30.6 Å². The van der Waals surface area contributed by atoms with Crippen LogP contribution in [0.4, 0.5) is 5.00 Å². The number of thiophene rings is 1. The van der Waals surface area contributed by atoms with Gasteiger partial charge in [0.15, 0.2) is 22.4 Å². The monoisotopic (exact) mass is 486 g/mol. The predicted octanol–water partition coefficient (Wildman–Crippen LogP) is 7.15. The van der Waals surface area contributed by atoms with Crippen molar-refractivity contribution < 1.29 is 9.59 Å². The van der Waals surface area contributed by atoms with Crippen molar-refractivity contribution in [1.82, 2.24) is 14.5 Å². The highest BCUT2D eigenvalue weighted by Crippen LogP contribution is 2.40. The standard InChI is InChI=1S/C27H26N4O3S/c1-2-23(32)18-9-10-22-21(16-18)29-27(20-8-3-4-13-28-20)31(22)19-7-5-6-17(14-19)15-24(33)25-11-12-26(30-34)35-25/h3-4,8-13,16-17,19H,2,5-7,14-15H2,1H3/t17-,19+/m0/s1. The van der Waals surface area contributed by atoms with Crippen LogP contribution in [0.25, 0.3) is 22.6 Å². The molecule has 0 unspecified atom stereocenters. The van der Waals surface area contributed by atoms with Crippen molar-refractivity contribution in [1.29, 1.82) is 0 Å². The molecule has 1 fully saturated rings. The van der Waals surface area contributed by atoms with Gasteiger partial charge in [-0.1, -0.05) is 19.4 Å². The first-order valence-corrected chi connectivity index (χ1v) is 12.8. The van der Waals surface area contributed by atoms with Crippen molar-refractivity contribution in [2.45, 2.75) is 51.5 Å². The summed E-state index contributed by atoms with van der Waals surface area (Å²) in [5.41, 5.74) is 3.23. The number of nitroso groups, excluding NO2 is 1. The number of pyridine rings is 1. The number of nitrogens with zero attached hydrogens (tertiary/aromatic N) is 4. The van der Waals surface area contributed by atoms with Crippen LogP contribution in [0.15, 0.2) is 59.9 Å². The number of rotatable bonds is 8. The molecule has 2 atom stereocenters. The molecule has 1 saturated carbocycles. The zero-order valence-corrected chi connectivity index (χ0v) is 20.3. The SMILES string of the molecule is CCC(=O)c1ccc2c(c1)nc(-c1ccccn1)n2[C@@H]1CCC[C@H](CC(=O)c2ccc(N=O)s2)C1. The minimum Gasteiger partial charge on any atom is -0.320 e. The molecule has 4 aromatic rings. The van der Waals surface area contributed by atoms with E-state index in [9.17, 15) is 14.5 Å². The number of carbonyl (C=O) groups excluding carboxylic acids is 2. The van der Waals surface area contributed by atoms with Gasteiger partial charge in [-0.2, -0.15) is 0 Å². The first-order chi connectivity index (χ1) is 17.1. The molecule has 5 rings (SSSR count). The fourth-order valence-electron chi connectivity index (χ4n) is 5.09. The molecule has 0 saturated heterocycles. The van der Waals surface area contributed by atoms with Gasteiger partial charge < -0.3 is 4.57 Å². The fourth-order valence-corrected chi connectivity index (χ4v) is 5.83. The number of imidazole rings is 1. The zero-order chi connectivity index (χ0) is 24.4. The molecule has 1 aliphatic carbocycles. The minimum absolute atomic E-state index is 0.0682. The lowest BCUT2D eigenvalue weighted by Crippen LogP contribution is -2.22. The molecule has 0 radical (unpaired) electrons. The summed E-state index contributed by atoms with van der Waals surface area (Å²) >= 11 is 1.16. The summed E-state index contributed by atoms with van der Waals surface area (Å²) in [5.74, 6) is 1.20. The van der Waals surface area contributed by atoms with E-state index in [2.05, 4.69) is 14.7 Å². The minimum atomic E-state index is 0.0682. The lowest BCUT2D eigenvalue weighted by atomic mass is 9.82. The predicted molar refractivity (Wildman–Crippen MR) is 137 cm³/mol. The van der Waals surface area contributed by atoms with E-state index in [1.165, 1.54) is 0 Å². The highest BCUT2D eigenvalue weighted by molar-refractivity contribution is 7.17. The molecule has 0 aliphatic heterocycles. The number of benzene rings is 1. The summed E-state index contributed by atoms with van der Waals surface area (Å²) in [7, 11) is 0. The van der Waals surface area contributed by atoms with Crippen molar-refractivity contribution >= 4 is 38.9 Å². The summed E-state index contributed by atoms with van der Waals surface area (Å²) in [6.07, 6.45) is 6.52. The maximum atomic E-state index is 12.9. The molecule has 0 spiro atoms. The third-order valence-electron chi connectivity index (χ3n) is 6.78. The maximum Gasteiger partial charge on any atom is 0.173 e. The Balaban J connectivity index is 1.48. The molecule has 178 valence electrons. The summed E-state index contributed by atoms with van der Waals surface area (Å²) < 4.78 is 2.26. The Bertz CT molecular complexity index is 1390. The Kier molecular flexibility index (Phi) is 6.63. The molecule has 0 N–H and O–H groups in total. The molecular weight excluding hydrogens is 460 g/mol. The van der Waals surface area contributed by atoms with E-state index in [1.807, 2.05) is 43.3 Å². The smallest absolute Gasteiger partial charge is 0.173 e. The first kappa shape index (κ1) is 23.2. The Labute approximate surface area is 207 Å². The highest BCUT2D eigenvalue weighted by Gasteiger charge is 2.29. The van der Waals surface area contributed by atoms with Gasteiger partial charge in [0.05, 0.1) is 15.9 Å². The van der Waals surface area contributed by atoms with E-state index in [1.54, 1.807) is 18.3 Å². The van der Waals surface area contributed by atoms with Gasteiger partial charge in [-0.15, -0.1) is 16.2 Å².